The first-order valence-corrected chi connectivity index (χ1v) is 9.44. The number of ether oxygens (including phenoxy) is 5. The van der Waals surface area contributed by atoms with Gasteiger partial charge in [-0.2, -0.15) is 0 Å². The number of nitrogens with one attached hydrogen (secondary N) is 1. The fraction of sp³-hybridized carbons (Fsp3) is 0.333. The van der Waals surface area contributed by atoms with Gasteiger partial charge in [-0.1, -0.05) is 34.1 Å². The Balaban J connectivity index is 2.54. The molecule has 0 aliphatic rings. The predicted molar refractivity (Wildman–Crippen MR) is 114 cm³/mol. The lowest BCUT2D eigenvalue weighted by atomic mass is 10.0. The lowest BCUT2D eigenvalue weighted by molar-refractivity contribution is 0.0489. The number of rotatable bonds is 10. The summed E-state index contributed by atoms with van der Waals surface area (Å²) in [6, 6.07) is 7.69. The van der Waals surface area contributed by atoms with Crippen molar-refractivity contribution in [2.75, 3.05) is 42.3 Å². The molecular formula is C21H26BrNO5. The zero-order chi connectivity index (χ0) is 20.5. The summed E-state index contributed by atoms with van der Waals surface area (Å²) in [7, 11) is 8.33. The van der Waals surface area contributed by atoms with Crippen molar-refractivity contribution in [2.24, 2.45) is 0 Å². The van der Waals surface area contributed by atoms with Gasteiger partial charge in [-0.15, -0.1) is 0 Å². The molecule has 6 nitrogen and oxygen atoms in total. The molecule has 0 amide bonds. The average molecular weight is 452 g/mol. The third-order valence-electron chi connectivity index (χ3n) is 4.09. The number of benzene rings is 2. The Morgan fingerprint density at radius 2 is 1.61 bits per heavy atom. The minimum atomic E-state index is 0.125. The van der Waals surface area contributed by atoms with Crippen molar-refractivity contribution in [3.63, 3.8) is 0 Å². The Hall–Kier alpha value is -2.22. The zero-order valence-corrected chi connectivity index (χ0v) is 18.4. The summed E-state index contributed by atoms with van der Waals surface area (Å²) >= 11 is 3.59. The first-order chi connectivity index (χ1) is 13.6. The van der Waals surface area contributed by atoms with Crippen LogP contribution in [0.3, 0.4) is 0 Å². The van der Waals surface area contributed by atoms with E-state index in [2.05, 4.69) is 21.2 Å². The van der Waals surface area contributed by atoms with Crippen molar-refractivity contribution in [3.05, 3.63) is 45.4 Å². The molecule has 152 valence electrons. The molecule has 0 saturated carbocycles. The number of hydrogen-bond donors (Lipinski definition) is 1. The standard InChI is InChI=1S/C21H26BrNO5/c1-23-12-15-7-9-18(25-3)21(28-13-24-2)16(15)8-6-14-10-19(26-4)20(27-5)11-17(14)22/h6-11,23H,12-13H2,1-5H3/b8-6+. The van der Waals surface area contributed by atoms with Crippen LogP contribution in [0, 0.1) is 0 Å². The van der Waals surface area contributed by atoms with E-state index in [4.69, 9.17) is 23.7 Å². The molecule has 0 heterocycles. The molecule has 0 spiro atoms. The highest BCUT2D eigenvalue weighted by Crippen LogP contribution is 2.37. The molecule has 7 heteroatoms. The lowest BCUT2D eigenvalue weighted by Crippen LogP contribution is -2.09. The highest BCUT2D eigenvalue weighted by Gasteiger charge is 2.14. The van der Waals surface area contributed by atoms with Gasteiger partial charge in [-0.3, -0.25) is 0 Å². The van der Waals surface area contributed by atoms with E-state index >= 15 is 0 Å². The molecule has 2 aromatic rings. The van der Waals surface area contributed by atoms with Crippen LogP contribution in [0.15, 0.2) is 28.7 Å². The van der Waals surface area contributed by atoms with Crippen molar-refractivity contribution in [2.45, 2.75) is 6.54 Å². The molecule has 2 rings (SSSR count). The fourth-order valence-electron chi connectivity index (χ4n) is 2.75. The molecule has 0 aromatic heterocycles. The fourth-order valence-corrected chi connectivity index (χ4v) is 3.20. The van der Waals surface area contributed by atoms with E-state index < -0.39 is 0 Å². The summed E-state index contributed by atoms with van der Waals surface area (Å²) in [6.07, 6.45) is 3.98. The quantitative estimate of drug-likeness (QED) is 0.428. The van der Waals surface area contributed by atoms with Crippen LogP contribution >= 0.6 is 15.9 Å². The maximum absolute atomic E-state index is 5.81. The molecular weight excluding hydrogens is 426 g/mol. The van der Waals surface area contributed by atoms with Gasteiger partial charge >= 0.3 is 0 Å². The minimum absolute atomic E-state index is 0.125. The monoisotopic (exact) mass is 451 g/mol. The molecule has 28 heavy (non-hydrogen) atoms. The highest BCUT2D eigenvalue weighted by atomic mass is 79.9. The molecule has 0 fully saturated rings. The van der Waals surface area contributed by atoms with E-state index in [1.165, 1.54) is 0 Å². The summed E-state index contributed by atoms with van der Waals surface area (Å²) in [6.45, 7) is 0.806. The maximum atomic E-state index is 5.81. The molecule has 0 atom stereocenters. The first kappa shape index (κ1) is 22.1. The maximum Gasteiger partial charge on any atom is 0.188 e. The zero-order valence-electron chi connectivity index (χ0n) is 16.8. The second-order valence-corrected chi connectivity index (χ2v) is 6.67. The van der Waals surface area contributed by atoms with E-state index in [-0.39, 0.29) is 6.79 Å². The van der Waals surface area contributed by atoms with Gasteiger partial charge in [0.15, 0.2) is 29.8 Å². The molecule has 0 bridgehead atoms. The normalized spacial score (nSPS) is 10.9. The van der Waals surface area contributed by atoms with Gasteiger partial charge in [-0.05, 0) is 36.4 Å². The van der Waals surface area contributed by atoms with Gasteiger partial charge in [0.1, 0.15) is 0 Å². The van der Waals surface area contributed by atoms with Gasteiger partial charge in [0.2, 0.25) is 0 Å². The van der Waals surface area contributed by atoms with Crippen LogP contribution in [-0.4, -0.2) is 42.3 Å². The summed E-state index contributed by atoms with van der Waals surface area (Å²) in [5.74, 6) is 2.59. The third kappa shape index (κ3) is 5.19. The third-order valence-corrected chi connectivity index (χ3v) is 4.78. The minimum Gasteiger partial charge on any atom is -0.493 e. The lowest BCUT2D eigenvalue weighted by Gasteiger charge is -2.16. The predicted octanol–water partition coefficient (Wildman–Crippen LogP) is 4.35. The van der Waals surface area contributed by atoms with Crippen LogP contribution < -0.4 is 24.3 Å². The molecule has 0 aliphatic carbocycles. The number of hydrogen-bond acceptors (Lipinski definition) is 6. The van der Waals surface area contributed by atoms with Crippen LogP contribution in [0.5, 0.6) is 23.0 Å². The van der Waals surface area contributed by atoms with Crippen molar-refractivity contribution in [3.8, 4) is 23.0 Å². The Kier molecular flexibility index (Phi) is 8.63. The molecule has 0 unspecified atom stereocenters. The smallest absolute Gasteiger partial charge is 0.188 e. The van der Waals surface area contributed by atoms with Gasteiger partial charge in [0.25, 0.3) is 0 Å². The van der Waals surface area contributed by atoms with Crippen LogP contribution in [0.25, 0.3) is 12.2 Å². The average Bonchev–Trinajstić information content (AvgIpc) is 2.71. The summed E-state index contributed by atoms with van der Waals surface area (Å²) < 4.78 is 28.0. The van der Waals surface area contributed by atoms with Crippen LogP contribution in [0.2, 0.25) is 0 Å². The van der Waals surface area contributed by atoms with E-state index in [0.717, 1.165) is 21.2 Å². The van der Waals surface area contributed by atoms with Gasteiger partial charge in [0.05, 0.1) is 21.3 Å². The second kappa shape index (κ2) is 10.9. The van der Waals surface area contributed by atoms with Gasteiger partial charge < -0.3 is 29.0 Å². The second-order valence-electron chi connectivity index (χ2n) is 5.81. The van der Waals surface area contributed by atoms with Gasteiger partial charge in [-0.25, -0.2) is 0 Å². The Morgan fingerprint density at radius 3 is 2.21 bits per heavy atom. The highest BCUT2D eigenvalue weighted by molar-refractivity contribution is 9.10. The topological polar surface area (TPSA) is 58.2 Å². The van der Waals surface area contributed by atoms with Crippen LogP contribution in [0.1, 0.15) is 16.7 Å². The number of halogens is 1. The van der Waals surface area contributed by atoms with Crippen molar-refractivity contribution >= 4 is 28.1 Å². The largest absolute Gasteiger partial charge is 0.493 e. The van der Waals surface area contributed by atoms with Crippen molar-refractivity contribution < 1.29 is 23.7 Å². The molecule has 1 N–H and O–H groups in total. The van der Waals surface area contributed by atoms with Crippen molar-refractivity contribution in [1.82, 2.24) is 5.32 Å². The van der Waals surface area contributed by atoms with E-state index in [1.807, 2.05) is 43.5 Å². The molecule has 0 saturated heterocycles. The van der Waals surface area contributed by atoms with Gasteiger partial charge in [0, 0.05) is 23.7 Å². The van der Waals surface area contributed by atoms with E-state index in [1.54, 1.807) is 28.4 Å². The Morgan fingerprint density at radius 1 is 0.929 bits per heavy atom. The Labute approximate surface area is 174 Å². The Bertz CT molecular complexity index is 823. The molecule has 0 radical (unpaired) electrons. The molecule has 2 aromatic carbocycles. The van der Waals surface area contributed by atoms with Crippen molar-refractivity contribution in [1.29, 1.82) is 0 Å². The van der Waals surface area contributed by atoms with E-state index in [9.17, 15) is 0 Å². The number of methoxy groups -OCH3 is 4. The van der Waals surface area contributed by atoms with E-state index in [0.29, 0.717) is 29.5 Å². The summed E-state index contributed by atoms with van der Waals surface area (Å²) in [4.78, 5) is 0. The van der Waals surface area contributed by atoms with Crippen LogP contribution in [-0.2, 0) is 11.3 Å². The molecule has 0 aliphatic heterocycles. The summed E-state index contributed by atoms with van der Waals surface area (Å²) in [5.41, 5.74) is 2.92. The van der Waals surface area contributed by atoms with Crippen LogP contribution in [0.4, 0.5) is 0 Å². The SMILES string of the molecule is CNCc1ccc(OC)c(OCOC)c1/C=C/c1cc(OC)c(OC)cc1Br. The summed E-state index contributed by atoms with van der Waals surface area (Å²) in [5, 5.41) is 3.18. The first-order valence-electron chi connectivity index (χ1n) is 8.65.